The molecular weight excluding hydrogens is 316 g/mol. The number of hydrogen-bond acceptors (Lipinski definition) is 7. The summed E-state index contributed by atoms with van der Waals surface area (Å²) >= 11 is 1.18. The second kappa shape index (κ2) is 6.21. The maximum atomic E-state index is 11.5. The molecule has 8 heteroatoms. The van der Waals surface area contributed by atoms with Crippen LogP contribution >= 0.6 is 11.3 Å². The number of primary amides is 1. The Kier molecular flexibility index (Phi) is 4.27. The van der Waals surface area contributed by atoms with Crippen molar-refractivity contribution >= 4 is 39.0 Å². The van der Waals surface area contributed by atoms with Gasteiger partial charge < -0.3 is 26.2 Å². The van der Waals surface area contributed by atoms with Crippen LogP contribution in [0.5, 0.6) is 5.75 Å². The van der Waals surface area contributed by atoms with Crippen LogP contribution in [0.3, 0.4) is 0 Å². The summed E-state index contributed by atoms with van der Waals surface area (Å²) in [6.07, 6.45) is 1.17. The van der Waals surface area contributed by atoms with Gasteiger partial charge in [-0.25, -0.2) is 4.98 Å². The van der Waals surface area contributed by atoms with E-state index in [1.54, 1.807) is 0 Å². The number of rotatable bonds is 4. The number of thiophene rings is 1. The Bertz CT molecular complexity index is 738. The van der Waals surface area contributed by atoms with Crippen LogP contribution in [0.2, 0.25) is 0 Å². The zero-order valence-corrected chi connectivity index (χ0v) is 13.7. The fraction of sp³-hybridized carbons (Fsp3) is 0.467. The number of aliphatic hydroxyl groups is 1. The number of nitrogens with two attached hydrogens (primary N) is 2. The molecule has 1 amide bonds. The molecule has 124 valence electrons. The minimum atomic E-state index is -0.560. The van der Waals surface area contributed by atoms with Crippen molar-refractivity contribution in [2.45, 2.75) is 25.9 Å². The summed E-state index contributed by atoms with van der Waals surface area (Å²) in [7, 11) is 0. The summed E-state index contributed by atoms with van der Waals surface area (Å²) in [5.41, 5.74) is 11.8. The zero-order valence-electron chi connectivity index (χ0n) is 12.9. The number of aliphatic hydroxyl groups excluding tert-OH is 1. The SMILES string of the molecule is CCOc1cc(N2CCC(O)CC2)nc2sc(C(N)=O)c(N)c12. The summed E-state index contributed by atoms with van der Waals surface area (Å²) < 4.78 is 5.70. The monoisotopic (exact) mass is 336 g/mol. The van der Waals surface area contributed by atoms with Crippen LogP contribution in [0.4, 0.5) is 11.5 Å². The predicted octanol–water partition coefficient (Wildman–Crippen LogP) is 1.34. The van der Waals surface area contributed by atoms with Crippen LogP contribution in [0.1, 0.15) is 29.4 Å². The van der Waals surface area contributed by atoms with E-state index in [4.69, 9.17) is 16.2 Å². The van der Waals surface area contributed by atoms with Gasteiger partial charge in [0.1, 0.15) is 21.3 Å². The van der Waals surface area contributed by atoms with E-state index in [0.29, 0.717) is 46.0 Å². The van der Waals surface area contributed by atoms with E-state index in [-0.39, 0.29) is 6.10 Å². The molecular formula is C15H20N4O3S. The highest BCUT2D eigenvalue weighted by Gasteiger charge is 2.23. The average molecular weight is 336 g/mol. The highest BCUT2D eigenvalue weighted by atomic mass is 32.1. The fourth-order valence-corrected chi connectivity index (χ4v) is 3.74. The van der Waals surface area contributed by atoms with E-state index >= 15 is 0 Å². The molecule has 0 spiro atoms. The predicted molar refractivity (Wildman–Crippen MR) is 91.2 cm³/mol. The molecule has 2 aromatic heterocycles. The van der Waals surface area contributed by atoms with Gasteiger partial charge >= 0.3 is 0 Å². The number of ether oxygens (including phenoxy) is 1. The largest absolute Gasteiger partial charge is 0.493 e. The van der Waals surface area contributed by atoms with Gasteiger partial charge in [-0.15, -0.1) is 11.3 Å². The number of carbonyl (C=O) groups excluding carboxylic acids is 1. The Labute approximate surface area is 137 Å². The van der Waals surface area contributed by atoms with Crippen molar-refractivity contribution in [2.75, 3.05) is 30.3 Å². The van der Waals surface area contributed by atoms with Crippen molar-refractivity contribution in [1.82, 2.24) is 4.98 Å². The highest BCUT2D eigenvalue weighted by molar-refractivity contribution is 7.21. The lowest BCUT2D eigenvalue weighted by Crippen LogP contribution is -2.36. The molecule has 23 heavy (non-hydrogen) atoms. The van der Waals surface area contributed by atoms with Crippen LogP contribution < -0.4 is 21.1 Å². The number of aromatic nitrogens is 1. The van der Waals surface area contributed by atoms with Crippen molar-refractivity contribution in [3.63, 3.8) is 0 Å². The molecule has 0 aromatic carbocycles. The third-order valence-electron chi connectivity index (χ3n) is 3.96. The smallest absolute Gasteiger partial charge is 0.260 e. The van der Waals surface area contributed by atoms with Crippen LogP contribution in [-0.4, -0.2) is 41.8 Å². The van der Waals surface area contributed by atoms with E-state index in [0.717, 1.165) is 18.9 Å². The first kappa shape index (κ1) is 15.8. The Balaban J connectivity index is 2.08. The second-order valence-electron chi connectivity index (χ2n) is 5.52. The van der Waals surface area contributed by atoms with Gasteiger partial charge in [0.05, 0.1) is 23.8 Å². The highest BCUT2D eigenvalue weighted by Crippen LogP contribution is 2.40. The molecule has 1 saturated heterocycles. The van der Waals surface area contributed by atoms with Crippen LogP contribution in [0, 0.1) is 0 Å². The van der Waals surface area contributed by atoms with Crippen LogP contribution in [0.15, 0.2) is 6.07 Å². The summed E-state index contributed by atoms with van der Waals surface area (Å²) in [5.74, 6) is 0.820. The number of amides is 1. The number of piperidine rings is 1. The average Bonchev–Trinajstić information content (AvgIpc) is 2.86. The van der Waals surface area contributed by atoms with Gasteiger partial charge in [0.25, 0.3) is 5.91 Å². The number of anilines is 2. The molecule has 0 aliphatic carbocycles. The number of nitrogen functional groups attached to an aromatic ring is 1. The molecule has 0 unspecified atom stereocenters. The first-order valence-corrected chi connectivity index (χ1v) is 8.41. The van der Waals surface area contributed by atoms with Crippen molar-refractivity contribution in [2.24, 2.45) is 5.73 Å². The quantitative estimate of drug-likeness (QED) is 0.776. The number of pyridine rings is 1. The van der Waals surface area contributed by atoms with Gasteiger partial charge in [-0.05, 0) is 19.8 Å². The maximum Gasteiger partial charge on any atom is 0.260 e. The number of nitrogens with zero attached hydrogens (tertiary/aromatic N) is 2. The molecule has 3 rings (SSSR count). The Morgan fingerprint density at radius 1 is 1.52 bits per heavy atom. The zero-order chi connectivity index (χ0) is 16.6. The van der Waals surface area contributed by atoms with Crippen molar-refractivity contribution < 1.29 is 14.6 Å². The van der Waals surface area contributed by atoms with Crippen molar-refractivity contribution in [3.05, 3.63) is 10.9 Å². The summed E-state index contributed by atoms with van der Waals surface area (Å²) in [5, 5.41) is 10.3. The van der Waals surface area contributed by atoms with Crippen LogP contribution in [-0.2, 0) is 0 Å². The first-order valence-electron chi connectivity index (χ1n) is 7.59. The molecule has 7 nitrogen and oxygen atoms in total. The lowest BCUT2D eigenvalue weighted by atomic mass is 10.1. The molecule has 0 saturated carbocycles. The van der Waals surface area contributed by atoms with Gasteiger partial charge in [-0.1, -0.05) is 0 Å². The molecule has 1 fully saturated rings. The topological polar surface area (TPSA) is 115 Å². The molecule has 0 radical (unpaired) electrons. The lowest BCUT2D eigenvalue weighted by molar-refractivity contribution is 0.100. The minimum absolute atomic E-state index is 0.250. The molecule has 1 aliphatic rings. The van der Waals surface area contributed by atoms with Crippen LogP contribution in [0.25, 0.3) is 10.2 Å². The van der Waals surface area contributed by atoms with E-state index in [2.05, 4.69) is 9.88 Å². The van der Waals surface area contributed by atoms with Gasteiger partial charge in [0, 0.05) is 19.2 Å². The van der Waals surface area contributed by atoms with Gasteiger partial charge in [0.15, 0.2) is 0 Å². The van der Waals surface area contributed by atoms with E-state index < -0.39 is 5.91 Å². The van der Waals surface area contributed by atoms with Crippen molar-refractivity contribution in [1.29, 1.82) is 0 Å². The number of fused-ring (bicyclic) bond motifs is 1. The maximum absolute atomic E-state index is 11.5. The molecule has 5 N–H and O–H groups in total. The normalized spacial score (nSPS) is 16.0. The molecule has 1 aliphatic heterocycles. The van der Waals surface area contributed by atoms with Gasteiger partial charge in [0.2, 0.25) is 0 Å². The molecule has 3 heterocycles. The Morgan fingerprint density at radius 3 is 2.83 bits per heavy atom. The summed E-state index contributed by atoms with van der Waals surface area (Å²) in [6, 6.07) is 1.84. The first-order chi connectivity index (χ1) is 11.0. The third-order valence-corrected chi connectivity index (χ3v) is 5.08. The van der Waals surface area contributed by atoms with E-state index in [1.165, 1.54) is 11.3 Å². The molecule has 0 bridgehead atoms. The Hall–Kier alpha value is -2.06. The lowest BCUT2D eigenvalue weighted by Gasteiger charge is -2.30. The second-order valence-corrected chi connectivity index (χ2v) is 6.52. The van der Waals surface area contributed by atoms with Gasteiger partial charge in [-0.3, -0.25) is 4.79 Å². The Morgan fingerprint density at radius 2 is 2.22 bits per heavy atom. The fourth-order valence-electron chi connectivity index (χ4n) is 2.78. The van der Waals surface area contributed by atoms with E-state index in [9.17, 15) is 9.90 Å². The molecule has 2 aromatic rings. The number of hydrogen-bond donors (Lipinski definition) is 3. The van der Waals surface area contributed by atoms with E-state index in [1.807, 2.05) is 13.0 Å². The number of carbonyl (C=O) groups is 1. The third kappa shape index (κ3) is 2.91. The van der Waals surface area contributed by atoms with Crippen molar-refractivity contribution in [3.8, 4) is 5.75 Å². The standard InChI is InChI=1S/C15H20N4O3S/c1-2-22-9-7-10(19-5-3-8(20)4-6-19)18-15-11(9)12(16)13(23-15)14(17)21/h7-8,20H,2-6,16H2,1H3,(H2,17,21). The van der Waals surface area contributed by atoms with Gasteiger partial charge in [-0.2, -0.15) is 0 Å². The summed E-state index contributed by atoms with van der Waals surface area (Å²) in [4.78, 5) is 19.2. The summed E-state index contributed by atoms with van der Waals surface area (Å²) in [6.45, 7) is 3.84. The minimum Gasteiger partial charge on any atom is -0.493 e. The molecule has 0 atom stereocenters.